The molecule has 0 heterocycles. The van der Waals surface area contributed by atoms with Crippen LogP contribution in [-0.2, 0) is 20.6 Å². The van der Waals surface area contributed by atoms with Crippen molar-refractivity contribution in [1.82, 2.24) is 0 Å². The van der Waals surface area contributed by atoms with E-state index in [2.05, 4.69) is 0 Å². The molecule has 0 aromatic heterocycles. The van der Waals surface area contributed by atoms with Crippen molar-refractivity contribution in [1.29, 1.82) is 0 Å². The van der Waals surface area contributed by atoms with Crippen LogP contribution in [-0.4, -0.2) is 51.9 Å². The number of halogens is 1. The molecule has 0 bridgehead atoms. The van der Waals surface area contributed by atoms with Crippen LogP contribution in [0.1, 0.15) is 12.0 Å². The first-order valence-corrected chi connectivity index (χ1v) is 7.63. The molecule has 1 rings (SSSR count). The fourth-order valence-electron chi connectivity index (χ4n) is 1.97. The van der Waals surface area contributed by atoms with Gasteiger partial charge in [-0.05, 0) is 36.5 Å². The van der Waals surface area contributed by atoms with Crippen molar-refractivity contribution >= 4 is 11.6 Å². The molecule has 0 saturated heterocycles. The minimum Gasteiger partial charge on any atom is -0.396 e. The van der Waals surface area contributed by atoms with Gasteiger partial charge in [0, 0.05) is 25.3 Å². The van der Waals surface area contributed by atoms with Crippen LogP contribution in [0.2, 0.25) is 5.02 Å². The van der Waals surface area contributed by atoms with Crippen LogP contribution in [0.3, 0.4) is 0 Å². The molecule has 1 N–H and O–H groups in total. The van der Waals surface area contributed by atoms with E-state index in [4.69, 9.17) is 25.8 Å². The first-order chi connectivity index (χ1) is 10.3. The molecule has 0 aliphatic rings. The average molecular weight is 317 g/mol. The van der Waals surface area contributed by atoms with Crippen LogP contribution in [0.4, 0.5) is 0 Å². The molecule has 4 nitrogen and oxygen atoms in total. The number of ether oxygens (including phenoxy) is 3. The Bertz CT molecular complexity index is 373. The molecule has 0 fully saturated rings. The molecule has 0 aliphatic carbocycles. The Morgan fingerprint density at radius 1 is 1.10 bits per heavy atom. The quantitative estimate of drug-likeness (QED) is 0.602. The second-order valence-corrected chi connectivity index (χ2v) is 5.33. The standard InChI is InChI=1S/C16H25ClO4/c1-19-7-8-21-10-9-20-6-5-15(13-18)11-14-3-2-4-16(17)12-14/h2-4,12,15,18H,5-11,13H2,1H3. The van der Waals surface area contributed by atoms with E-state index < -0.39 is 0 Å². The summed E-state index contributed by atoms with van der Waals surface area (Å²) in [4.78, 5) is 0. The van der Waals surface area contributed by atoms with Crippen molar-refractivity contribution in [2.45, 2.75) is 12.8 Å². The zero-order chi connectivity index (χ0) is 15.3. The zero-order valence-electron chi connectivity index (χ0n) is 12.6. The Morgan fingerprint density at radius 2 is 1.81 bits per heavy atom. The summed E-state index contributed by atoms with van der Waals surface area (Å²) in [6.45, 7) is 3.11. The van der Waals surface area contributed by atoms with Gasteiger partial charge in [0.1, 0.15) is 0 Å². The maximum absolute atomic E-state index is 9.43. The lowest BCUT2D eigenvalue weighted by Crippen LogP contribution is -2.14. The maximum Gasteiger partial charge on any atom is 0.0701 e. The third-order valence-corrected chi connectivity index (χ3v) is 3.38. The van der Waals surface area contributed by atoms with Crippen LogP contribution in [0, 0.1) is 5.92 Å². The molecular weight excluding hydrogens is 292 g/mol. The Labute approximate surface area is 132 Å². The van der Waals surface area contributed by atoms with E-state index in [0.29, 0.717) is 33.0 Å². The molecule has 0 radical (unpaired) electrons. The summed E-state index contributed by atoms with van der Waals surface area (Å²) in [6.07, 6.45) is 1.63. The van der Waals surface area contributed by atoms with Crippen molar-refractivity contribution < 1.29 is 19.3 Å². The lowest BCUT2D eigenvalue weighted by atomic mass is 9.97. The Hall–Kier alpha value is -0.650. The summed E-state index contributed by atoms with van der Waals surface area (Å²) in [7, 11) is 1.65. The van der Waals surface area contributed by atoms with Crippen molar-refractivity contribution in [3.05, 3.63) is 34.9 Å². The maximum atomic E-state index is 9.43. The van der Waals surface area contributed by atoms with E-state index in [0.717, 1.165) is 23.4 Å². The Kier molecular flexibility index (Phi) is 10.5. The van der Waals surface area contributed by atoms with Gasteiger partial charge in [-0.15, -0.1) is 0 Å². The molecule has 0 amide bonds. The number of hydrogen-bond donors (Lipinski definition) is 1. The van der Waals surface area contributed by atoms with Gasteiger partial charge in [0.05, 0.1) is 26.4 Å². The third-order valence-electron chi connectivity index (χ3n) is 3.15. The van der Waals surface area contributed by atoms with Gasteiger partial charge in [-0.1, -0.05) is 23.7 Å². The zero-order valence-corrected chi connectivity index (χ0v) is 13.3. The predicted octanol–water partition coefficient (Wildman–Crippen LogP) is 2.56. The highest BCUT2D eigenvalue weighted by molar-refractivity contribution is 6.30. The van der Waals surface area contributed by atoms with Crippen LogP contribution in [0.15, 0.2) is 24.3 Å². The Morgan fingerprint density at radius 3 is 2.48 bits per heavy atom. The van der Waals surface area contributed by atoms with E-state index in [1.54, 1.807) is 7.11 Å². The van der Waals surface area contributed by atoms with Gasteiger partial charge in [0.25, 0.3) is 0 Å². The minimum absolute atomic E-state index is 0.153. The number of rotatable bonds is 12. The third kappa shape index (κ3) is 9.06. The summed E-state index contributed by atoms with van der Waals surface area (Å²) >= 11 is 5.96. The molecule has 0 saturated carbocycles. The summed E-state index contributed by atoms with van der Waals surface area (Å²) in [5, 5.41) is 10.2. The molecule has 1 atom stereocenters. The van der Waals surface area contributed by atoms with Gasteiger partial charge in [-0.2, -0.15) is 0 Å². The van der Waals surface area contributed by atoms with Crippen LogP contribution in [0.25, 0.3) is 0 Å². The fraction of sp³-hybridized carbons (Fsp3) is 0.625. The Balaban J connectivity index is 2.11. The molecule has 0 aliphatic heterocycles. The number of aliphatic hydroxyl groups excluding tert-OH is 1. The topological polar surface area (TPSA) is 47.9 Å². The minimum atomic E-state index is 0.153. The van der Waals surface area contributed by atoms with Gasteiger partial charge in [0.15, 0.2) is 0 Å². The van der Waals surface area contributed by atoms with Gasteiger partial charge in [0.2, 0.25) is 0 Å². The number of aliphatic hydroxyl groups is 1. The van der Waals surface area contributed by atoms with Crippen LogP contribution < -0.4 is 0 Å². The second-order valence-electron chi connectivity index (χ2n) is 4.89. The summed E-state index contributed by atoms with van der Waals surface area (Å²) in [5.74, 6) is 0.192. The van der Waals surface area contributed by atoms with E-state index in [9.17, 15) is 5.11 Å². The van der Waals surface area contributed by atoms with Gasteiger partial charge < -0.3 is 19.3 Å². The number of methoxy groups -OCH3 is 1. The normalized spacial score (nSPS) is 12.5. The van der Waals surface area contributed by atoms with E-state index in [1.165, 1.54) is 0 Å². The van der Waals surface area contributed by atoms with Crippen molar-refractivity contribution in [3.63, 3.8) is 0 Å². The highest BCUT2D eigenvalue weighted by atomic mass is 35.5. The largest absolute Gasteiger partial charge is 0.396 e. The molecule has 1 aromatic rings. The van der Waals surface area contributed by atoms with E-state index >= 15 is 0 Å². The van der Waals surface area contributed by atoms with Crippen molar-refractivity contribution in [2.75, 3.05) is 46.8 Å². The summed E-state index contributed by atoms with van der Waals surface area (Å²) in [5.41, 5.74) is 1.14. The monoisotopic (exact) mass is 316 g/mol. The summed E-state index contributed by atoms with van der Waals surface area (Å²) < 4.78 is 15.7. The lowest BCUT2D eigenvalue weighted by molar-refractivity contribution is 0.0201. The highest BCUT2D eigenvalue weighted by Gasteiger charge is 2.09. The predicted molar refractivity (Wildman–Crippen MR) is 83.9 cm³/mol. The van der Waals surface area contributed by atoms with E-state index in [-0.39, 0.29) is 12.5 Å². The molecule has 1 unspecified atom stereocenters. The van der Waals surface area contributed by atoms with Gasteiger partial charge >= 0.3 is 0 Å². The van der Waals surface area contributed by atoms with E-state index in [1.807, 2.05) is 24.3 Å². The van der Waals surface area contributed by atoms with Crippen molar-refractivity contribution in [2.24, 2.45) is 5.92 Å². The molecule has 5 heteroatoms. The average Bonchev–Trinajstić information content (AvgIpc) is 2.48. The molecular formula is C16H25ClO4. The molecule has 21 heavy (non-hydrogen) atoms. The first kappa shape index (κ1) is 18.4. The smallest absolute Gasteiger partial charge is 0.0701 e. The number of hydrogen-bond acceptors (Lipinski definition) is 4. The van der Waals surface area contributed by atoms with Gasteiger partial charge in [-0.25, -0.2) is 0 Å². The number of benzene rings is 1. The van der Waals surface area contributed by atoms with Crippen LogP contribution >= 0.6 is 11.6 Å². The molecule has 1 aromatic carbocycles. The second kappa shape index (κ2) is 12.0. The van der Waals surface area contributed by atoms with Gasteiger partial charge in [-0.3, -0.25) is 0 Å². The van der Waals surface area contributed by atoms with Crippen LogP contribution in [0.5, 0.6) is 0 Å². The lowest BCUT2D eigenvalue weighted by Gasteiger charge is -2.14. The molecule has 120 valence electrons. The SMILES string of the molecule is COCCOCCOCCC(CO)Cc1cccc(Cl)c1. The highest BCUT2D eigenvalue weighted by Crippen LogP contribution is 2.16. The molecule has 0 spiro atoms. The first-order valence-electron chi connectivity index (χ1n) is 7.26. The fourth-order valence-corrected chi connectivity index (χ4v) is 2.18. The van der Waals surface area contributed by atoms with Crippen molar-refractivity contribution in [3.8, 4) is 0 Å². The summed E-state index contributed by atoms with van der Waals surface area (Å²) in [6, 6.07) is 7.75.